The monoisotopic (exact) mass is 456 g/mol. The van der Waals surface area contributed by atoms with Crippen molar-refractivity contribution < 1.29 is 24.2 Å². The van der Waals surface area contributed by atoms with Gasteiger partial charge in [-0.05, 0) is 30.3 Å². The number of fused-ring (bicyclic) bond motifs is 2. The Morgan fingerprint density at radius 2 is 1.82 bits per heavy atom. The molecule has 1 aliphatic rings. The highest BCUT2D eigenvalue weighted by Crippen LogP contribution is 2.34. The summed E-state index contributed by atoms with van der Waals surface area (Å²) < 4.78 is 12.5. The van der Waals surface area contributed by atoms with Gasteiger partial charge in [-0.1, -0.05) is 30.3 Å². The number of carbonyl (C=O) groups is 2. The van der Waals surface area contributed by atoms with E-state index in [1.807, 2.05) is 28.8 Å². The molecular formula is C25H20N4O5. The van der Waals surface area contributed by atoms with Crippen molar-refractivity contribution in [3.05, 3.63) is 84.1 Å². The summed E-state index contributed by atoms with van der Waals surface area (Å²) >= 11 is 0. The van der Waals surface area contributed by atoms with Gasteiger partial charge in [0.15, 0.2) is 11.5 Å². The van der Waals surface area contributed by atoms with E-state index in [0.717, 1.165) is 16.5 Å². The van der Waals surface area contributed by atoms with Gasteiger partial charge in [0.1, 0.15) is 12.3 Å². The summed E-state index contributed by atoms with van der Waals surface area (Å²) in [6.45, 7) is 0.242. The average Bonchev–Trinajstić information content (AvgIpc) is 3.44. The van der Waals surface area contributed by atoms with Crippen LogP contribution >= 0.6 is 0 Å². The van der Waals surface area contributed by atoms with Crippen molar-refractivity contribution in [3.8, 4) is 17.2 Å². The first-order chi connectivity index (χ1) is 16.6. The highest BCUT2D eigenvalue weighted by atomic mass is 16.7. The Morgan fingerprint density at radius 1 is 1.03 bits per heavy atom. The van der Waals surface area contributed by atoms with Gasteiger partial charge in [-0.15, -0.1) is 0 Å². The first-order valence-corrected chi connectivity index (χ1v) is 10.5. The minimum Gasteiger partial charge on any atom is -0.507 e. The number of hydrogen-bond donors (Lipinski definition) is 3. The van der Waals surface area contributed by atoms with Crippen molar-refractivity contribution in [2.24, 2.45) is 5.10 Å². The highest BCUT2D eigenvalue weighted by Gasteiger charge is 2.15. The molecule has 0 fully saturated rings. The Bertz CT molecular complexity index is 1430. The molecule has 3 aromatic carbocycles. The lowest BCUT2D eigenvalue weighted by atomic mass is 10.2. The maximum absolute atomic E-state index is 12.7. The number of ether oxygens (including phenoxy) is 2. The van der Waals surface area contributed by atoms with E-state index in [1.54, 1.807) is 36.5 Å². The maximum Gasteiger partial charge on any atom is 0.275 e. The molecule has 0 spiro atoms. The quantitative estimate of drug-likeness (QED) is 0.304. The third kappa shape index (κ3) is 4.26. The lowest BCUT2D eigenvalue weighted by Crippen LogP contribution is -2.18. The second-order valence-electron chi connectivity index (χ2n) is 7.56. The Balaban J connectivity index is 1.31. The fourth-order valence-electron chi connectivity index (χ4n) is 3.72. The molecule has 0 radical (unpaired) electrons. The Kier molecular flexibility index (Phi) is 5.57. The van der Waals surface area contributed by atoms with Gasteiger partial charge >= 0.3 is 0 Å². The van der Waals surface area contributed by atoms with Crippen LogP contribution in [0.25, 0.3) is 10.9 Å². The summed E-state index contributed by atoms with van der Waals surface area (Å²) in [5.74, 6) is 0.374. The number of para-hydroxylation sites is 2. The normalized spacial score (nSPS) is 12.2. The van der Waals surface area contributed by atoms with Crippen molar-refractivity contribution in [1.29, 1.82) is 0 Å². The largest absolute Gasteiger partial charge is 0.507 e. The number of aromatic hydroxyl groups is 1. The van der Waals surface area contributed by atoms with Crippen molar-refractivity contribution in [2.45, 2.75) is 6.54 Å². The first kappa shape index (κ1) is 21.1. The number of phenols is 1. The summed E-state index contributed by atoms with van der Waals surface area (Å²) in [4.78, 5) is 25.0. The number of nitrogens with zero attached hydrogens (tertiary/aromatic N) is 2. The lowest BCUT2D eigenvalue weighted by molar-refractivity contribution is -0.116. The molecule has 1 aromatic heterocycles. The summed E-state index contributed by atoms with van der Waals surface area (Å²) in [5.41, 5.74) is 4.72. The molecule has 170 valence electrons. The van der Waals surface area contributed by atoms with Gasteiger partial charge in [0, 0.05) is 34.4 Å². The third-order valence-electron chi connectivity index (χ3n) is 5.31. The number of carbonyl (C=O) groups excluding carboxylic acids is 2. The minimum atomic E-state index is -0.527. The van der Waals surface area contributed by atoms with E-state index < -0.39 is 5.91 Å². The number of anilines is 1. The number of benzene rings is 3. The van der Waals surface area contributed by atoms with E-state index in [4.69, 9.17) is 9.47 Å². The van der Waals surface area contributed by atoms with E-state index >= 15 is 0 Å². The predicted octanol–water partition coefficient (Wildman–Crippen LogP) is 3.48. The van der Waals surface area contributed by atoms with Crippen LogP contribution in [0.5, 0.6) is 17.2 Å². The Morgan fingerprint density at radius 3 is 2.71 bits per heavy atom. The Hall–Kier alpha value is -4.79. The van der Waals surface area contributed by atoms with E-state index in [-0.39, 0.29) is 30.6 Å². The average molecular weight is 456 g/mol. The van der Waals surface area contributed by atoms with Crippen LogP contribution < -0.4 is 20.2 Å². The number of nitrogens with one attached hydrogen (secondary N) is 2. The standard InChI is InChI=1S/C25H20N4O5/c30-21-8-4-2-6-19(21)25(32)28-26-12-16-13-29(20-7-3-1-5-18(16)20)14-24(31)27-17-9-10-22-23(11-17)34-15-33-22/h1-13,30H,14-15H2,(H,27,31)(H,28,32)/b26-12-. The molecule has 9 heteroatoms. The van der Waals surface area contributed by atoms with Gasteiger partial charge in [0.2, 0.25) is 12.7 Å². The van der Waals surface area contributed by atoms with Gasteiger partial charge < -0.3 is 24.5 Å². The highest BCUT2D eigenvalue weighted by molar-refractivity contribution is 6.02. The van der Waals surface area contributed by atoms with Gasteiger partial charge in [-0.3, -0.25) is 9.59 Å². The number of hydrogen-bond acceptors (Lipinski definition) is 6. The number of phenolic OH excluding ortho intramolecular Hbond substituents is 1. The first-order valence-electron chi connectivity index (χ1n) is 10.5. The molecule has 2 heterocycles. The van der Waals surface area contributed by atoms with Crippen LogP contribution in [0.2, 0.25) is 0 Å². The van der Waals surface area contributed by atoms with Crippen LogP contribution in [-0.4, -0.2) is 34.5 Å². The molecule has 5 rings (SSSR count). The van der Waals surface area contributed by atoms with E-state index in [1.165, 1.54) is 18.3 Å². The van der Waals surface area contributed by atoms with E-state index in [2.05, 4.69) is 15.8 Å². The van der Waals surface area contributed by atoms with Crippen molar-refractivity contribution in [2.75, 3.05) is 12.1 Å². The molecule has 0 aliphatic carbocycles. The van der Waals surface area contributed by atoms with Gasteiger partial charge in [-0.2, -0.15) is 5.10 Å². The van der Waals surface area contributed by atoms with E-state index in [0.29, 0.717) is 17.2 Å². The third-order valence-corrected chi connectivity index (χ3v) is 5.31. The molecule has 0 saturated heterocycles. The summed E-state index contributed by atoms with van der Waals surface area (Å²) in [6.07, 6.45) is 3.30. The van der Waals surface area contributed by atoms with Crippen LogP contribution in [0.4, 0.5) is 5.69 Å². The molecule has 0 bridgehead atoms. The van der Waals surface area contributed by atoms with Crippen LogP contribution in [0, 0.1) is 0 Å². The number of rotatable bonds is 6. The molecule has 9 nitrogen and oxygen atoms in total. The second-order valence-corrected chi connectivity index (χ2v) is 7.56. The molecule has 0 atom stereocenters. The van der Waals surface area contributed by atoms with Gasteiger partial charge in [-0.25, -0.2) is 5.43 Å². The van der Waals surface area contributed by atoms with Crippen molar-refractivity contribution in [1.82, 2.24) is 9.99 Å². The summed E-state index contributed by atoms with van der Waals surface area (Å²) in [7, 11) is 0. The van der Waals surface area contributed by atoms with Crippen LogP contribution in [0.1, 0.15) is 15.9 Å². The fraction of sp³-hybridized carbons (Fsp3) is 0.0800. The topological polar surface area (TPSA) is 114 Å². The lowest BCUT2D eigenvalue weighted by Gasteiger charge is -2.08. The van der Waals surface area contributed by atoms with Crippen LogP contribution in [0.15, 0.2) is 78.0 Å². The number of amides is 2. The van der Waals surface area contributed by atoms with Gasteiger partial charge in [0.25, 0.3) is 5.91 Å². The van der Waals surface area contributed by atoms with Crippen LogP contribution in [0.3, 0.4) is 0 Å². The fourth-order valence-corrected chi connectivity index (χ4v) is 3.72. The predicted molar refractivity (Wildman–Crippen MR) is 126 cm³/mol. The van der Waals surface area contributed by atoms with Gasteiger partial charge in [0.05, 0.1) is 11.8 Å². The molecule has 4 aromatic rings. The number of hydrazone groups is 1. The Labute approximate surface area is 194 Å². The van der Waals surface area contributed by atoms with Crippen LogP contribution in [-0.2, 0) is 11.3 Å². The molecule has 0 unspecified atom stereocenters. The smallest absolute Gasteiger partial charge is 0.275 e. The molecule has 3 N–H and O–H groups in total. The van der Waals surface area contributed by atoms with Crippen molar-refractivity contribution in [3.63, 3.8) is 0 Å². The SMILES string of the molecule is O=C(Cn1cc(/C=N\NC(=O)c2ccccc2O)c2ccccc21)Nc1ccc2c(c1)OCO2. The van der Waals surface area contributed by atoms with Crippen molar-refractivity contribution >= 4 is 34.6 Å². The molecule has 0 saturated carbocycles. The molecule has 34 heavy (non-hydrogen) atoms. The molecular weight excluding hydrogens is 436 g/mol. The molecule has 1 aliphatic heterocycles. The zero-order valence-corrected chi connectivity index (χ0v) is 17.9. The summed E-state index contributed by atoms with van der Waals surface area (Å²) in [6, 6.07) is 19.0. The number of aromatic nitrogens is 1. The van der Waals surface area contributed by atoms with E-state index in [9.17, 15) is 14.7 Å². The minimum absolute atomic E-state index is 0.0764. The molecule has 2 amide bonds. The summed E-state index contributed by atoms with van der Waals surface area (Å²) in [5, 5.41) is 17.6. The zero-order valence-electron chi connectivity index (χ0n) is 17.9. The second kappa shape index (κ2) is 8.99. The zero-order chi connectivity index (χ0) is 23.5. The maximum atomic E-state index is 12.7.